The molecule has 5 atom stereocenters. The fraction of sp³-hybridized carbons (Fsp3) is 0.625. The highest BCUT2D eigenvalue weighted by Crippen LogP contribution is 2.18. The van der Waals surface area contributed by atoms with Crippen LogP contribution in [0.2, 0.25) is 0 Å². The first-order chi connectivity index (χ1) is 21.2. The van der Waals surface area contributed by atoms with Crippen molar-refractivity contribution in [3.63, 3.8) is 0 Å². The van der Waals surface area contributed by atoms with Gasteiger partial charge in [-0.1, -0.05) is 47.6 Å². The molecule has 0 aliphatic carbocycles. The predicted molar refractivity (Wildman–Crippen MR) is 166 cm³/mol. The van der Waals surface area contributed by atoms with E-state index in [-0.39, 0.29) is 48.2 Å². The normalized spacial score (nSPS) is 17.5. The number of nitrogens with one attached hydrogen (secondary N) is 5. The van der Waals surface area contributed by atoms with Crippen LogP contribution in [0.25, 0.3) is 0 Å². The van der Waals surface area contributed by atoms with Crippen molar-refractivity contribution in [1.82, 2.24) is 26.6 Å². The summed E-state index contributed by atoms with van der Waals surface area (Å²) in [5.41, 5.74) is 0.262. The number of carbonyl (C=O) groups excluding carboxylic acids is 6. The Kier molecular flexibility index (Phi) is 14.8. The summed E-state index contributed by atoms with van der Waals surface area (Å²) in [4.78, 5) is 77.3. The molecule has 0 saturated carbocycles. The van der Waals surface area contributed by atoms with Crippen LogP contribution >= 0.6 is 0 Å². The van der Waals surface area contributed by atoms with E-state index in [4.69, 9.17) is 9.15 Å². The first-order valence-corrected chi connectivity index (χ1v) is 15.6. The van der Waals surface area contributed by atoms with Crippen molar-refractivity contribution in [3.8, 4) is 0 Å². The highest BCUT2D eigenvalue weighted by atomic mass is 16.5. The fourth-order valence-corrected chi connectivity index (χ4v) is 4.93. The van der Waals surface area contributed by atoms with Gasteiger partial charge in [0, 0.05) is 24.6 Å². The molecule has 1 aromatic rings. The average molecular weight is 632 g/mol. The number of amides is 5. The quantitative estimate of drug-likeness (QED) is 0.127. The van der Waals surface area contributed by atoms with Gasteiger partial charge in [-0.15, -0.1) is 0 Å². The molecule has 1 saturated heterocycles. The van der Waals surface area contributed by atoms with Gasteiger partial charge in [-0.05, 0) is 50.0 Å². The zero-order chi connectivity index (χ0) is 33.7. The summed E-state index contributed by atoms with van der Waals surface area (Å²) in [6, 6.07) is -2.10. The van der Waals surface area contributed by atoms with Gasteiger partial charge in [0.05, 0.1) is 18.4 Å². The summed E-state index contributed by atoms with van der Waals surface area (Å²) < 4.78 is 9.91. The molecule has 2 rings (SSSR count). The molecule has 5 amide bonds. The number of hydrogen-bond acceptors (Lipinski definition) is 8. The monoisotopic (exact) mass is 631 g/mol. The highest BCUT2D eigenvalue weighted by Gasteiger charge is 2.34. The van der Waals surface area contributed by atoms with Crippen LogP contribution in [0.1, 0.15) is 78.1 Å². The van der Waals surface area contributed by atoms with Crippen LogP contribution in [0.4, 0.5) is 0 Å². The molecule has 1 aliphatic rings. The molecular formula is C32H49N5O8. The lowest BCUT2D eigenvalue weighted by molar-refractivity contribution is -0.137. The van der Waals surface area contributed by atoms with Crippen molar-refractivity contribution in [2.75, 3.05) is 13.2 Å². The van der Waals surface area contributed by atoms with Crippen molar-refractivity contribution in [2.45, 2.75) is 91.9 Å². The van der Waals surface area contributed by atoms with Crippen LogP contribution in [0, 0.1) is 23.7 Å². The second-order valence-corrected chi connectivity index (χ2v) is 12.4. The standard InChI is InChI=1S/C32H49N5O8/c1-8-45-25(38)10-9-23(16-21-11-13-33-28(21)39)34-30(41)24(15-18(2)3)35-31(42)26(19(4)5)37-32(43)27(20(6)7)36-29(40)22-12-14-44-17-22/h9-10,12,14,17-21,23-24,26-27H,8,11,13,15-16H2,1-7H3,(H,33,39)(H,34,41)(H,35,42)(H,36,40)(H,37,43)/b10-9+. The number of esters is 1. The molecule has 5 N–H and O–H groups in total. The maximum absolute atomic E-state index is 13.6. The molecule has 1 aromatic heterocycles. The van der Waals surface area contributed by atoms with E-state index in [0.717, 1.165) is 0 Å². The van der Waals surface area contributed by atoms with Gasteiger partial charge in [-0.2, -0.15) is 0 Å². The van der Waals surface area contributed by atoms with Gasteiger partial charge in [0.15, 0.2) is 0 Å². The summed E-state index contributed by atoms with van der Waals surface area (Å²) in [5, 5.41) is 13.9. The first-order valence-electron chi connectivity index (χ1n) is 15.6. The zero-order valence-electron chi connectivity index (χ0n) is 27.3. The number of hydrogen-bond donors (Lipinski definition) is 5. The van der Waals surface area contributed by atoms with E-state index in [1.165, 1.54) is 30.7 Å². The van der Waals surface area contributed by atoms with Crippen molar-refractivity contribution >= 4 is 35.5 Å². The number of rotatable bonds is 17. The van der Waals surface area contributed by atoms with Crippen molar-refractivity contribution in [2.24, 2.45) is 23.7 Å². The van der Waals surface area contributed by atoms with Crippen molar-refractivity contribution in [3.05, 3.63) is 36.3 Å². The van der Waals surface area contributed by atoms with E-state index in [1.807, 2.05) is 13.8 Å². The van der Waals surface area contributed by atoms with Crippen LogP contribution in [-0.2, 0) is 28.7 Å². The Hall–Kier alpha value is -4.16. The summed E-state index contributed by atoms with van der Waals surface area (Å²) in [7, 11) is 0. The van der Waals surface area contributed by atoms with Gasteiger partial charge in [-0.25, -0.2) is 4.79 Å². The smallest absolute Gasteiger partial charge is 0.330 e. The molecule has 45 heavy (non-hydrogen) atoms. The molecule has 13 nitrogen and oxygen atoms in total. The van der Waals surface area contributed by atoms with Crippen LogP contribution in [0.15, 0.2) is 35.2 Å². The second-order valence-electron chi connectivity index (χ2n) is 12.4. The molecule has 250 valence electrons. The maximum atomic E-state index is 13.6. The maximum Gasteiger partial charge on any atom is 0.330 e. The van der Waals surface area contributed by atoms with E-state index < -0.39 is 53.8 Å². The molecule has 0 spiro atoms. The van der Waals surface area contributed by atoms with E-state index >= 15 is 0 Å². The minimum absolute atomic E-state index is 0.0192. The summed E-state index contributed by atoms with van der Waals surface area (Å²) in [6.45, 7) is 13.3. The molecule has 13 heteroatoms. The fourth-order valence-electron chi connectivity index (χ4n) is 4.93. The van der Waals surface area contributed by atoms with E-state index in [1.54, 1.807) is 34.6 Å². The lowest BCUT2D eigenvalue weighted by atomic mass is 9.96. The van der Waals surface area contributed by atoms with Gasteiger partial charge in [0.2, 0.25) is 23.6 Å². The van der Waals surface area contributed by atoms with Gasteiger partial charge >= 0.3 is 5.97 Å². The Labute approximate surface area is 265 Å². The molecule has 0 aromatic carbocycles. The average Bonchev–Trinajstić information content (AvgIpc) is 3.64. The Balaban J connectivity index is 2.19. The number of carbonyl (C=O) groups is 6. The second kappa shape index (κ2) is 18.0. The summed E-state index contributed by atoms with van der Waals surface area (Å²) in [6.07, 6.45) is 6.50. The summed E-state index contributed by atoms with van der Waals surface area (Å²) >= 11 is 0. The SMILES string of the molecule is CCOC(=O)/C=C/C(CC1CCNC1=O)NC(=O)C(CC(C)C)NC(=O)C(NC(=O)C(NC(=O)c1ccoc1)C(C)C)C(C)C. The van der Waals surface area contributed by atoms with Crippen LogP contribution in [0.3, 0.4) is 0 Å². The van der Waals surface area contributed by atoms with Gasteiger partial charge in [0.25, 0.3) is 5.91 Å². The summed E-state index contributed by atoms with van der Waals surface area (Å²) in [5.74, 6) is -3.75. The Morgan fingerprint density at radius 1 is 0.956 bits per heavy atom. The molecule has 2 heterocycles. The number of ether oxygens (including phenoxy) is 1. The largest absolute Gasteiger partial charge is 0.472 e. The Bertz CT molecular complexity index is 1190. The van der Waals surface area contributed by atoms with Gasteiger partial charge in [-0.3, -0.25) is 24.0 Å². The van der Waals surface area contributed by atoms with Crippen molar-refractivity contribution in [1.29, 1.82) is 0 Å². The third-order valence-corrected chi connectivity index (χ3v) is 7.39. The van der Waals surface area contributed by atoms with E-state index in [2.05, 4.69) is 26.6 Å². The van der Waals surface area contributed by atoms with Crippen LogP contribution < -0.4 is 26.6 Å². The molecule has 1 fully saturated rings. The topological polar surface area (TPSA) is 185 Å². The lowest BCUT2D eigenvalue weighted by Crippen LogP contribution is -2.59. The molecule has 0 radical (unpaired) electrons. The van der Waals surface area contributed by atoms with E-state index in [9.17, 15) is 28.8 Å². The lowest BCUT2D eigenvalue weighted by Gasteiger charge is -2.29. The molecular weight excluding hydrogens is 582 g/mol. The zero-order valence-corrected chi connectivity index (χ0v) is 27.3. The Morgan fingerprint density at radius 2 is 1.60 bits per heavy atom. The first kappa shape index (κ1) is 37.0. The number of furan rings is 1. The van der Waals surface area contributed by atoms with Crippen LogP contribution in [0.5, 0.6) is 0 Å². The van der Waals surface area contributed by atoms with E-state index in [0.29, 0.717) is 19.4 Å². The Morgan fingerprint density at radius 3 is 2.13 bits per heavy atom. The van der Waals surface area contributed by atoms with Crippen LogP contribution in [-0.4, -0.2) is 72.8 Å². The molecule has 5 unspecified atom stereocenters. The van der Waals surface area contributed by atoms with Gasteiger partial charge < -0.3 is 35.7 Å². The minimum Gasteiger partial charge on any atom is -0.472 e. The molecule has 1 aliphatic heterocycles. The predicted octanol–water partition coefficient (Wildman–Crippen LogP) is 1.84. The molecule has 0 bridgehead atoms. The van der Waals surface area contributed by atoms with Gasteiger partial charge in [0.1, 0.15) is 24.4 Å². The minimum atomic E-state index is -1.01. The van der Waals surface area contributed by atoms with Crippen molar-refractivity contribution < 1.29 is 37.9 Å². The highest BCUT2D eigenvalue weighted by molar-refractivity contribution is 5.98. The third-order valence-electron chi connectivity index (χ3n) is 7.39. The third kappa shape index (κ3) is 12.0.